The maximum Gasteiger partial charge on any atom is 0.326 e. The average Bonchev–Trinajstić information content (AvgIpc) is 2.28. The minimum Gasteiger partial charge on any atom is -0.480 e. The summed E-state index contributed by atoms with van der Waals surface area (Å²) in [6.07, 6.45) is 3.21. The second-order valence-corrected chi connectivity index (χ2v) is 3.53. The predicted octanol–water partition coefficient (Wildman–Crippen LogP) is 1.15. The number of aromatic nitrogens is 1. The third-order valence-electron chi connectivity index (χ3n) is 2.26. The molecule has 5 heteroatoms. The van der Waals surface area contributed by atoms with Crippen LogP contribution >= 0.6 is 0 Å². The topological polar surface area (TPSA) is 79.3 Å². The molecule has 0 radical (unpaired) electrons. The second-order valence-electron chi connectivity index (χ2n) is 3.53. The molecule has 17 heavy (non-hydrogen) atoms. The van der Waals surface area contributed by atoms with Gasteiger partial charge < -0.3 is 10.4 Å². The first-order valence-electron chi connectivity index (χ1n) is 5.12. The standard InChI is InChI=1S/C12H14N2O3/c1-3-5-10(12(16)17)14-11(15)9-6-4-7-13-8(9)2/h3-4,6-7,10H,1,5H2,2H3,(H,14,15)(H,16,17). The van der Waals surface area contributed by atoms with Crippen molar-refractivity contribution in [2.24, 2.45) is 0 Å². The summed E-state index contributed by atoms with van der Waals surface area (Å²) >= 11 is 0. The molecule has 1 aromatic heterocycles. The van der Waals surface area contributed by atoms with Gasteiger partial charge in [0.15, 0.2) is 0 Å². The van der Waals surface area contributed by atoms with E-state index in [1.54, 1.807) is 25.3 Å². The summed E-state index contributed by atoms with van der Waals surface area (Å²) in [7, 11) is 0. The van der Waals surface area contributed by atoms with E-state index >= 15 is 0 Å². The number of hydrogen-bond donors (Lipinski definition) is 2. The number of carbonyl (C=O) groups excluding carboxylic acids is 1. The average molecular weight is 234 g/mol. The predicted molar refractivity (Wildman–Crippen MR) is 62.7 cm³/mol. The number of carboxylic acids is 1. The summed E-state index contributed by atoms with van der Waals surface area (Å²) in [4.78, 5) is 26.6. The van der Waals surface area contributed by atoms with Crippen molar-refractivity contribution in [2.75, 3.05) is 0 Å². The molecular formula is C12H14N2O3. The molecule has 1 aromatic rings. The Bertz CT molecular complexity index is 443. The third-order valence-corrected chi connectivity index (χ3v) is 2.26. The Morgan fingerprint density at radius 1 is 1.65 bits per heavy atom. The van der Waals surface area contributed by atoms with Crippen LogP contribution in [0.25, 0.3) is 0 Å². The molecule has 1 heterocycles. The van der Waals surface area contributed by atoms with Gasteiger partial charge in [-0.25, -0.2) is 4.79 Å². The van der Waals surface area contributed by atoms with E-state index < -0.39 is 17.9 Å². The molecule has 0 saturated carbocycles. The fourth-order valence-electron chi connectivity index (χ4n) is 1.35. The Kier molecular flexibility index (Phi) is 4.39. The van der Waals surface area contributed by atoms with Crippen LogP contribution in [0.3, 0.4) is 0 Å². The van der Waals surface area contributed by atoms with Gasteiger partial charge in [-0.15, -0.1) is 6.58 Å². The van der Waals surface area contributed by atoms with E-state index in [1.807, 2.05) is 0 Å². The lowest BCUT2D eigenvalue weighted by atomic mass is 10.1. The molecule has 0 aromatic carbocycles. The van der Waals surface area contributed by atoms with Gasteiger partial charge in [0.05, 0.1) is 5.56 Å². The lowest BCUT2D eigenvalue weighted by molar-refractivity contribution is -0.139. The van der Waals surface area contributed by atoms with Gasteiger partial charge >= 0.3 is 5.97 Å². The number of pyridine rings is 1. The number of amides is 1. The van der Waals surface area contributed by atoms with Gasteiger partial charge in [-0.1, -0.05) is 6.08 Å². The Balaban J connectivity index is 2.81. The number of nitrogens with zero attached hydrogens (tertiary/aromatic N) is 1. The third kappa shape index (κ3) is 3.41. The maximum absolute atomic E-state index is 11.8. The van der Waals surface area contributed by atoms with Crippen LogP contribution in [-0.2, 0) is 4.79 Å². The van der Waals surface area contributed by atoms with E-state index in [0.717, 1.165) is 0 Å². The van der Waals surface area contributed by atoms with Gasteiger partial charge in [-0.2, -0.15) is 0 Å². The molecule has 0 fully saturated rings. The molecule has 0 bridgehead atoms. The monoisotopic (exact) mass is 234 g/mol. The van der Waals surface area contributed by atoms with Gasteiger partial charge in [0.2, 0.25) is 0 Å². The minimum absolute atomic E-state index is 0.181. The molecule has 1 amide bonds. The van der Waals surface area contributed by atoms with Crippen molar-refractivity contribution in [3.05, 3.63) is 42.2 Å². The van der Waals surface area contributed by atoms with Crippen LogP contribution in [-0.4, -0.2) is 28.0 Å². The molecule has 1 unspecified atom stereocenters. The summed E-state index contributed by atoms with van der Waals surface area (Å²) in [6, 6.07) is 2.27. The normalized spacial score (nSPS) is 11.6. The molecule has 0 aliphatic carbocycles. The van der Waals surface area contributed by atoms with E-state index in [4.69, 9.17) is 5.11 Å². The summed E-state index contributed by atoms with van der Waals surface area (Å²) < 4.78 is 0. The van der Waals surface area contributed by atoms with Crippen molar-refractivity contribution in [2.45, 2.75) is 19.4 Å². The van der Waals surface area contributed by atoms with Gasteiger partial charge in [0.1, 0.15) is 6.04 Å². The number of carboxylic acid groups (broad SMARTS) is 1. The Morgan fingerprint density at radius 3 is 2.88 bits per heavy atom. The quantitative estimate of drug-likeness (QED) is 0.749. The molecule has 0 aliphatic rings. The van der Waals surface area contributed by atoms with Crippen molar-refractivity contribution >= 4 is 11.9 Å². The highest BCUT2D eigenvalue weighted by molar-refractivity contribution is 5.97. The zero-order valence-electron chi connectivity index (χ0n) is 9.51. The molecule has 90 valence electrons. The first kappa shape index (κ1) is 12.9. The molecule has 0 spiro atoms. The molecule has 1 rings (SSSR count). The highest BCUT2D eigenvalue weighted by Crippen LogP contribution is 2.04. The van der Waals surface area contributed by atoms with Crippen LogP contribution in [0.5, 0.6) is 0 Å². The van der Waals surface area contributed by atoms with E-state index in [2.05, 4.69) is 16.9 Å². The molecule has 1 atom stereocenters. The molecule has 0 aliphatic heterocycles. The van der Waals surface area contributed by atoms with Gasteiger partial charge in [0, 0.05) is 11.9 Å². The SMILES string of the molecule is C=CCC(NC(=O)c1cccnc1C)C(=O)O. The lowest BCUT2D eigenvalue weighted by Gasteiger charge is -2.13. The van der Waals surface area contributed by atoms with Gasteiger partial charge in [-0.3, -0.25) is 9.78 Å². The summed E-state index contributed by atoms with van der Waals surface area (Å²) in [6.45, 7) is 5.15. The first-order chi connectivity index (χ1) is 8.06. The van der Waals surface area contributed by atoms with Crippen molar-refractivity contribution in [3.8, 4) is 0 Å². The van der Waals surface area contributed by atoms with E-state index in [0.29, 0.717) is 11.3 Å². The number of rotatable bonds is 5. The molecular weight excluding hydrogens is 220 g/mol. The van der Waals surface area contributed by atoms with Crippen LogP contribution in [0, 0.1) is 6.92 Å². The Hall–Kier alpha value is -2.17. The van der Waals surface area contributed by atoms with E-state index in [9.17, 15) is 9.59 Å². The van der Waals surface area contributed by atoms with Crippen molar-refractivity contribution in [1.82, 2.24) is 10.3 Å². The Labute approximate surface area is 99.2 Å². The molecule has 5 nitrogen and oxygen atoms in total. The summed E-state index contributed by atoms with van der Waals surface area (Å²) in [5, 5.41) is 11.3. The second kappa shape index (κ2) is 5.79. The number of carbonyl (C=O) groups is 2. The van der Waals surface area contributed by atoms with Crippen LogP contribution < -0.4 is 5.32 Å². The van der Waals surface area contributed by atoms with Crippen LogP contribution in [0.15, 0.2) is 31.0 Å². The number of aliphatic carboxylic acids is 1. The van der Waals surface area contributed by atoms with E-state index in [1.165, 1.54) is 6.08 Å². The van der Waals surface area contributed by atoms with Gasteiger partial charge in [-0.05, 0) is 25.5 Å². The fourth-order valence-corrected chi connectivity index (χ4v) is 1.35. The van der Waals surface area contributed by atoms with Crippen LogP contribution in [0.2, 0.25) is 0 Å². The first-order valence-corrected chi connectivity index (χ1v) is 5.12. The van der Waals surface area contributed by atoms with E-state index in [-0.39, 0.29) is 6.42 Å². The maximum atomic E-state index is 11.8. The number of nitrogens with one attached hydrogen (secondary N) is 1. The highest BCUT2D eigenvalue weighted by atomic mass is 16.4. The lowest BCUT2D eigenvalue weighted by Crippen LogP contribution is -2.40. The zero-order valence-corrected chi connectivity index (χ0v) is 9.51. The molecule has 0 saturated heterocycles. The fraction of sp³-hybridized carbons (Fsp3) is 0.250. The van der Waals surface area contributed by atoms with Crippen molar-refractivity contribution < 1.29 is 14.7 Å². The highest BCUT2D eigenvalue weighted by Gasteiger charge is 2.19. The van der Waals surface area contributed by atoms with Crippen molar-refractivity contribution in [3.63, 3.8) is 0 Å². The largest absolute Gasteiger partial charge is 0.480 e. The minimum atomic E-state index is -1.08. The van der Waals surface area contributed by atoms with Gasteiger partial charge in [0.25, 0.3) is 5.91 Å². The zero-order chi connectivity index (χ0) is 12.8. The smallest absolute Gasteiger partial charge is 0.326 e. The number of hydrogen-bond acceptors (Lipinski definition) is 3. The van der Waals surface area contributed by atoms with Crippen LogP contribution in [0.4, 0.5) is 0 Å². The Morgan fingerprint density at radius 2 is 2.35 bits per heavy atom. The summed E-state index contributed by atoms with van der Waals surface area (Å²) in [5.74, 6) is -1.52. The summed E-state index contributed by atoms with van der Waals surface area (Å²) in [5.41, 5.74) is 0.940. The van der Waals surface area contributed by atoms with Crippen molar-refractivity contribution in [1.29, 1.82) is 0 Å². The number of aryl methyl sites for hydroxylation is 1. The molecule has 2 N–H and O–H groups in total. The van der Waals surface area contributed by atoms with Crippen LogP contribution in [0.1, 0.15) is 22.5 Å².